The van der Waals surface area contributed by atoms with E-state index in [1.54, 1.807) is 0 Å². The number of carboxylic acid groups (broad SMARTS) is 1. The number of alkyl carbamates (subject to hydrolysis) is 1. The van der Waals surface area contributed by atoms with E-state index in [4.69, 9.17) is 47.7 Å². The van der Waals surface area contributed by atoms with Crippen molar-refractivity contribution in [1.29, 1.82) is 0 Å². The molecule has 0 spiro atoms. The summed E-state index contributed by atoms with van der Waals surface area (Å²) in [5, 5.41) is 11.3. The highest BCUT2D eigenvalue weighted by Gasteiger charge is 2.28. The molecule has 14 heteroatoms. The number of esters is 1. The first-order valence-corrected chi connectivity index (χ1v) is 17.6. The van der Waals surface area contributed by atoms with Gasteiger partial charge in [0.25, 0.3) is 0 Å². The Hall–Kier alpha value is -3.63. The highest BCUT2D eigenvalue weighted by Crippen LogP contribution is 2.44. The fourth-order valence-corrected chi connectivity index (χ4v) is 5.13. The lowest BCUT2D eigenvalue weighted by atomic mass is 9.98. The molecule has 0 saturated carbocycles. The Kier molecular flexibility index (Phi) is 22.2. The van der Waals surface area contributed by atoms with Gasteiger partial charge in [0.2, 0.25) is 0 Å². The van der Waals surface area contributed by atoms with Crippen molar-refractivity contribution >= 4 is 18.0 Å². The SMILES string of the molecule is O=C(O)CCCCC(=O)OCCOCCOCCOCCOCCOCCOCCOCCNC(=O)OCC1c2ccccc2-c2ccccc21. The third-order valence-electron chi connectivity index (χ3n) is 7.60. The maximum atomic E-state index is 12.2. The fourth-order valence-electron chi connectivity index (χ4n) is 5.13. The first-order valence-electron chi connectivity index (χ1n) is 17.6. The predicted molar refractivity (Wildman–Crippen MR) is 186 cm³/mol. The molecule has 284 valence electrons. The van der Waals surface area contributed by atoms with E-state index in [0.717, 1.165) is 0 Å². The Balaban J connectivity index is 0.981. The molecule has 0 atom stereocenters. The van der Waals surface area contributed by atoms with Crippen molar-refractivity contribution in [3.05, 3.63) is 59.7 Å². The molecular weight excluding hydrogens is 666 g/mol. The van der Waals surface area contributed by atoms with Gasteiger partial charge in [0, 0.05) is 25.3 Å². The van der Waals surface area contributed by atoms with E-state index in [1.165, 1.54) is 22.3 Å². The first-order chi connectivity index (χ1) is 25.1. The van der Waals surface area contributed by atoms with Gasteiger partial charge in [-0.3, -0.25) is 9.59 Å². The van der Waals surface area contributed by atoms with Gasteiger partial charge in [0.1, 0.15) is 13.2 Å². The third kappa shape index (κ3) is 18.4. The Bertz CT molecular complexity index is 1210. The van der Waals surface area contributed by atoms with Crippen LogP contribution in [0.4, 0.5) is 4.79 Å². The number of nitrogens with one attached hydrogen (secondary N) is 1. The Morgan fingerprint density at radius 1 is 0.529 bits per heavy atom. The number of aliphatic carboxylic acids is 1. The zero-order valence-electron chi connectivity index (χ0n) is 29.4. The first kappa shape index (κ1) is 41.8. The lowest BCUT2D eigenvalue weighted by molar-refractivity contribution is -0.146. The number of unbranched alkanes of at least 4 members (excludes halogenated alkanes) is 1. The third-order valence-corrected chi connectivity index (χ3v) is 7.60. The highest BCUT2D eigenvalue weighted by molar-refractivity contribution is 5.79. The summed E-state index contributed by atoms with van der Waals surface area (Å²) in [4.78, 5) is 34.1. The molecule has 51 heavy (non-hydrogen) atoms. The molecule has 0 saturated heterocycles. The van der Waals surface area contributed by atoms with Crippen LogP contribution in [0.2, 0.25) is 0 Å². The van der Waals surface area contributed by atoms with Crippen LogP contribution in [0.1, 0.15) is 42.7 Å². The van der Waals surface area contributed by atoms with Gasteiger partial charge in [0.05, 0.1) is 92.5 Å². The summed E-state index contributed by atoms with van der Waals surface area (Å²) >= 11 is 0. The summed E-state index contributed by atoms with van der Waals surface area (Å²) in [6.07, 6.45) is 0.755. The minimum absolute atomic E-state index is 0.0291. The second-order valence-corrected chi connectivity index (χ2v) is 11.4. The summed E-state index contributed by atoms with van der Waals surface area (Å²) < 4.78 is 48.7. The van der Waals surface area contributed by atoms with Crippen molar-refractivity contribution in [1.82, 2.24) is 5.32 Å². The molecule has 0 radical (unpaired) electrons. The van der Waals surface area contributed by atoms with Crippen LogP contribution in [-0.4, -0.2) is 135 Å². The van der Waals surface area contributed by atoms with Crippen LogP contribution in [0.3, 0.4) is 0 Å². The van der Waals surface area contributed by atoms with Gasteiger partial charge in [-0.15, -0.1) is 0 Å². The van der Waals surface area contributed by atoms with Crippen LogP contribution in [0.25, 0.3) is 11.1 Å². The van der Waals surface area contributed by atoms with Gasteiger partial charge in [-0.25, -0.2) is 4.79 Å². The second kappa shape index (κ2) is 27.1. The lowest BCUT2D eigenvalue weighted by Gasteiger charge is -2.14. The number of rotatable bonds is 31. The second-order valence-electron chi connectivity index (χ2n) is 11.4. The van der Waals surface area contributed by atoms with E-state index in [1.807, 2.05) is 24.3 Å². The maximum absolute atomic E-state index is 12.2. The van der Waals surface area contributed by atoms with Crippen LogP contribution >= 0.6 is 0 Å². The van der Waals surface area contributed by atoms with Gasteiger partial charge >= 0.3 is 18.0 Å². The van der Waals surface area contributed by atoms with E-state index in [9.17, 15) is 14.4 Å². The average Bonchev–Trinajstić information content (AvgIpc) is 3.45. The molecule has 0 heterocycles. The quantitative estimate of drug-likeness (QED) is 0.0854. The number of hydrogen-bond donors (Lipinski definition) is 2. The van der Waals surface area contributed by atoms with Crippen LogP contribution in [-0.2, 0) is 52.2 Å². The smallest absolute Gasteiger partial charge is 0.407 e. The molecule has 1 amide bonds. The molecule has 3 rings (SSSR count). The van der Waals surface area contributed by atoms with Gasteiger partial charge in [-0.1, -0.05) is 48.5 Å². The average molecular weight is 720 g/mol. The summed E-state index contributed by atoms with van der Waals surface area (Å²) in [7, 11) is 0. The largest absolute Gasteiger partial charge is 0.481 e. The summed E-state index contributed by atoms with van der Waals surface area (Å²) in [6, 6.07) is 16.5. The number of hydrogen-bond acceptors (Lipinski definition) is 12. The lowest BCUT2D eigenvalue weighted by Crippen LogP contribution is -2.29. The van der Waals surface area contributed by atoms with Crippen LogP contribution in [0.5, 0.6) is 0 Å². The van der Waals surface area contributed by atoms with Crippen molar-refractivity contribution in [2.75, 3.05) is 112 Å². The number of amides is 1. The number of benzene rings is 2. The van der Waals surface area contributed by atoms with Crippen molar-refractivity contribution in [2.45, 2.75) is 31.6 Å². The molecule has 0 aromatic heterocycles. The van der Waals surface area contributed by atoms with E-state index >= 15 is 0 Å². The van der Waals surface area contributed by atoms with Gasteiger partial charge in [0.15, 0.2) is 0 Å². The van der Waals surface area contributed by atoms with Crippen LogP contribution in [0, 0.1) is 0 Å². The predicted octanol–water partition coefficient (Wildman–Crippen LogP) is 3.83. The molecule has 2 aromatic carbocycles. The van der Waals surface area contributed by atoms with Crippen molar-refractivity contribution in [3.8, 4) is 11.1 Å². The number of carbonyl (C=O) groups is 3. The van der Waals surface area contributed by atoms with Crippen molar-refractivity contribution in [2.24, 2.45) is 0 Å². The zero-order chi connectivity index (χ0) is 36.2. The van der Waals surface area contributed by atoms with E-state index in [-0.39, 0.29) is 44.5 Å². The topological polar surface area (TPSA) is 167 Å². The monoisotopic (exact) mass is 719 g/mol. The Morgan fingerprint density at radius 3 is 1.41 bits per heavy atom. The number of carbonyl (C=O) groups excluding carboxylic acids is 2. The molecule has 1 aliphatic carbocycles. The van der Waals surface area contributed by atoms with Crippen LogP contribution in [0.15, 0.2) is 48.5 Å². The minimum atomic E-state index is -0.866. The Labute approximate surface area is 299 Å². The standard InChI is InChI=1S/C37H53NO13/c39-35(40)11-5-6-12-36(41)50-28-27-49-26-25-48-24-23-47-22-21-46-20-19-45-18-17-44-16-15-43-14-13-38-37(42)51-29-34-32-9-3-1-7-30(32)31-8-2-4-10-33(31)34/h1-4,7-10,34H,5-6,11-29H2,(H,38,42)(H,39,40). The van der Waals surface area contributed by atoms with E-state index in [0.29, 0.717) is 105 Å². The molecular formula is C37H53NO13. The van der Waals surface area contributed by atoms with E-state index < -0.39 is 12.1 Å². The van der Waals surface area contributed by atoms with Gasteiger partial charge in [-0.05, 0) is 35.1 Å². The number of carboxylic acids is 1. The van der Waals surface area contributed by atoms with Crippen molar-refractivity contribution < 1.29 is 62.1 Å². The molecule has 0 unspecified atom stereocenters. The molecule has 2 aromatic rings. The normalized spacial score (nSPS) is 12.0. The van der Waals surface area contributed by atoms with E-state index in [2.05, 4.69) is 29.6 Å². The minimum Gasteiger partial charge on any atom is -0.481 e. The molecule has 2 N–H and O–H groups in total. The molecule has 0 aliphatic heterocycles. The van der Waals surface area contributed by atoms with Gasteiger partial charge in [-0.2, -0.15) is 0 Å². The molecule has 0 fully saturated rings. The fraction of sp³-hybridized carbons (Fsp3) is 0.595. The maximum Gasteiger partial charge on any atom is 0.407 e. The van der Waals surface area contributed by atoms with Gasteiger partial charge < -0.3 is 53.1 Å². The highest BCUT2D eigenvalue weighted by atomic mass is 16.6. The van der Waals surface area contributed by atoms with Crippen LogP contribution < -0.4 is 5.32 Å². The molecule has 0 bridgehead atoms. The summed E-state index contributed by atoms with van der Waals surface area (Å²) in [6.45, 7) is 6.62. The summed E-state index contributed by atoms with van der Waals surface area (Å²) in [5.41, 5.74) is 4.74. The molecule has 14 nitrogen and oxygen atoms in total. The molecule has 1 aliphatic rings. The summed E-state index contributed by atoms with van der Waals surface area (Å²) in [5.74, 6) is -1.19. The zero-order valence-corrected chi connectivity index (χ0v) is 29.4. The van der Waals surface area contributed by atoms with Crippen molar-refractivity contribution in [3.63, 3.8) is 0 Å². The number of fused-ring (bicyclic) bond motifs is 3. The Morgan fingerprint density at radius 2 is 0.941 bits per heavy atom. The number of ether oxygens (including phenoxy) is 9.